The topological polar surface area (TPSA) is 0 Å². The van der Waals surface area contributed by atoms with E-state index in [-0.39, 0.29) is 0 Å². The van der Waals surface area contributed by atoms with Gasteiger partial charge in [0.2, 0.25) is 0 Å². The van der Waals surface area contributed by atoms with Gasteiger partial charge in [0.1, 0.15) is 6.04 Å². The van der Waals surface area contributed by atoms with Gasteiger partial charge < -0.3 is 4.48 Å². The van der Waals surface area contributed by atoms with Gasteiger partial charge in [0.15, 0.2) is 0 Å². The molecule has 0 bridgehead atoms. The van der Waals surface area contributed by atoms with Crippen LogP contribution < -0.4 is 0 Å². The standard InChI is InChI=1S/C12H20N/c1-5-13(3,4)11(2)12-9-7-6-8-10-12/h6-11H,5H2,1-4H3/q+1. The Labute approximate surface area is 81.6 Å². The summed E-state index contributed by atoms with van der Waals surface area (Å²) in [6, 6.07) is 11.3. The van der Waals surface area contributed by atoms with Crippen molar-refractivity contribution in [3.63, 3.8) is 0 Å². The van der Waals surface area contributed by atoms with Crippen molar-refractivity contribution >= 4 is 0 Å². The molecule has 1 heteroatoms. The highest BCUT2D eigenvalue weighted by Crippen LogP contribution is 2.23. The minimum atomic E-state index is 0.575. The normalized spacial score (nSPS) is 14.2. The lowest BCUT2D eigenvalue weighted by molar-refractivity contribution is -0.917. The van der Waals surface area contributed by atoms with Gasteiger partial charge in [-0.25, -0.2) is 0 Å². The monoisotopic (exact) mass is 178 g/mol. The molecule has 0 aliphatic heterocycles. The van der Waals surface area contributed by atoms with Crippen molar-refractivity contribution in [1.29, 1.82) is 0 Å². The smallest absolute Gasteiger partial charge is 0.111 e. The minimum absolute atomic E-state index is 0.575. The number of quaternary nitrogens is 1. The van der Waals surface area contributed by atoms with Crippen LogP contribution in [0.5, 0.6) is 0 Å². The van der Waals surface area contributed by atoms with Crippen LogP contribution in [0.4, 0.5) is 0 Å². The van der Waals surface area contributed by atoms with Crippen LogP contribution in [0, 0.1) is 0 Å². The molecule has 0 amide bonds. The molecule has 1 unspecified atom stereocenters. The van der Waals surface area contributed by atoms with Crippen LogP contribution >= 0.6 is 0 Å². The Morgan fingerprint density at radius 3 is 2.15 bits per heavy atom. The molecule has 1 atom stereocenters. The number of hydrogen-bond acceptors (Lipinski definition) is 0. The van der Waals surface area contributed by atoms with Gasteiger partial charge >= 0.3 is 0 Å². The van der Waals surface area contributed by atoms with Crippen molar-refractivity contribution < 1.29 is 4.48 Å². The van der Waals surface area contributed by atoms with E-state index in [4.69, 9.17) is 0 Å². The Bertz CT molecular complexity index is 251. The fraction of sp³-hybridized carbons (Fsp3) is 0.500. The second-order valence-electron chi connectivity index (χ2n) is 4.18. The Balaban J connectivity index is 2.85. The van der Waals surface area contributed by atoms with Crippen LogP contribution in [0.1, 0.15) is 25.5 Å². The lowest BCUT2D eigenvalue weighted by atomic mass is 10.1. The molecule has 0 radical (unpaired) electrons. The summed E-state index contributed by atoms with van der Waals surface area (Å²) in [5, 5.41) is 0. The fourth-order valence-electron chi connectivity index (χ4n) is 1.41. The van der Waals surface area contributed by atoms with E-state index in [9.17, 15) is 0 Å². The number of rotatable bonds is 3. The molecule has 1 nitrogen and oxygen atoms in total. The lowest BCUT2D eigenvalue weighted by Crippen LogP contribution is -2.41. The van der Waals surface area contributed by atoms with Crippen LogP contribution in [0.15, 0.2) is 30.3 Å². The third-order valence-electron chi connectivity index (χ3n) is 3.15. The van der Waals surface area contributed by atoms with Gasteiger partial charge in [-0.2, -0.15) is 0 Å². The second-order valence-corrected chi connectivity index (χ2v) is 4.18. The molecule has 0 spiro atoms. The summed E-state index contributed by atoms with van der Waals surface area (Å²) >= 11 is 0. The molecule has 0 saturated heterocycles. The summed E-state index contributed by atoms with van der Waals surface area (Å²) < 4.78 is 1.05. The maximum atomic E-state index is 2.29. The van der Waals surface area contributed by atoms with Gasteiger partial charge in [0.25, 0.3) is 0 Å². The minimum Gasteiger partial charge on any atom is -0.323 e. The van der Waals surface area contributed by atoms with Gasteiger partial charge in [-0.1, -0.05) is 30.3 Å². The van der Waals surface area contributed by atoms with E-state index >= 15 is 0 Å². The van der Waals surface area contributed by atoms with Crippen molar-refractivity contribution in [2.45, 2.75) is 19.9 Å². The lowest BCUT2D eigenvalue weighted by Gasteiger charge is -2.35. The first kappa shape index (κ1) is 10.3. The number of benzene rings is 1. The highest BCUT2D eigenvalue weighted by atomic mass is 15.3. The largest absolute Gasteiger partial charge is 0.323 e. The molecule has 0 aromatic heterocycles. The van der Waals surface area contributed by atoms with Crippen molar-refractivity contribution in [3.8, 4) is 0 Å². The molecular weight excluding hydrogens is 158 g/mol. The molecule has 0 aliphatic carbocycles. The van der Waals surface area contributed by atoms with Gasteiger partial charge in [0.05, 0.1) is 20.6 Å². The third-order valence-corrected chi connectivity index (χ3v) is 3.15. The maximum Gasteiger partial charge on any atom is 0.111 e. The first-order chi connectivity index (χ1) is 6.08. The van der Waals surface area contributed by atoms with Crippen LogP contribution in [0.3, 0.4) is 0 Å². The molecule has 1 rings (SSSR count). The van der Waals surface area contributed by atoms with Gasteiger partial charge in [0, 0.05) is 5.56 Å². The first-order valence-electron chi connectivity index (χ1n) is 4.95. The predicted octanol–water partition coefficient (Wildman–Crippen LogP) is 2.84. The van der Waals surface area contributed by atoms with Crippen molar-refractivity contribution in [1.82, 2.24) is 0 Å². The average Bonchev–Trinajstić information content (AvgIpc) is 2.18. The van der Waals surface area contributed by atoms with Gasteiger partial charge in [-0.15, -0.1) is 0 Å². The predicted molar refractivity (Wildman–Crippen MR) is 57.5 cm³/mol. The van der Waals surface area contributed by atoms with E-state index in [1.807, 2.05) is 0 Å². The van der Waals surface area contributed by atoms with Crippen LogP contribution in [-0.4, -0.2) is 25.1 Å². The molecule has 72 valence electrons. The molecule has 1 aromatic rings. The molecule has 1 aromatic carbocycles. The molecule has 0 fully saturated rings. The number of nitrogens with zero attached hydrogens (tertiary/aromatic N) is 1. The molecule has 0 saturated carbocycles. The Kier molecular flexibility index (Phi) is 3.10. The van der Waals surface area contributed by atoms with Gasteiger partial charge in [-0.3, -0.25) is 0 Å². The van der Waals surface area contributed by atoms with Crippen LogP contribution in [-0.2, 0) is 0 Å². The van der Waals surface area contributed by atoms with Crippen molar-refractivity contribution in [2.24, 2.45) is 0 Å². The zero-order valence-corrected chi connectivity index (χ0v) is 9.12. The summed E-state index contributed by atoms with van der Waals surface area (Å²) in [6.07, 6.45) is 0. The van der Waals surface area contributed by atoms with E-state index < -0.39 is 0 Å². The SMILES string of the molecule is CC[N+](C)(C)C(C)c1ccccc1. The fourth-order valence-corrected chi connectivity index (χ4v) is 1.41. The maximum absolute atomic E-state index is 2.29. The summed E-state index contributed by atoms with van der Waals surface area (Å²) in [5.41, 5.74) is 1.43. The zero-order valence-electron chi connectivity index (χ0n) is 9.12. The Morgan fingerprint density at radius 2 is 1.69 bits per heavy atom. The molecule has 0 aliphatic rings. The average molecular weight is 178 g/mol. The quantitative estimate of drug-likeness (QED) is 0.624. The highest BCUT2D eigenvalue weighted by Gasteiger charge is 2.22. The molecule has 13 heavy (non-hydrogen) atoms. The summed E-state index contributed by atoms with van der Waals surface area (Å²) in [5.74, 6) is 0. The molecule has 0 heterocycles. The highest BCUT2D eigenvalue weighted by molar-refractivity contribution is 5.16. The van der Waals surface area contributed by atoms with E-state index in [0.29, 0.717) is 6.04 Å². The van der Waals surface area contributed by atoms with E-state index in [0.717, 1.165) is 11.0 Å². The number of hydrogen-bond donors (Lipinski definition) is 0. The summed E-state index contributed by atoms with van der Waals surface area (Å²) in [6.45, 7) is 5.69. The Morgan fingerprint density at radius 1 is 1.15 bits per heavy atom. The van der Waals surface area contributed by atoms with Crippen LogP contribution in [0.2, 0.25) is 0 Å². The third kappa shape index (κ3) is 2.31. The van der Waals surface area contributed by atoms with Crippen molar-refractivity contribution in [2.75, 3.05) is 20.6 Å². The zero-order chi connectivity index (χ0) is 9.90. The van der Waals surface area contributed by atoms with E-state index in [1.54, 1.807) is 0 Å². The van der Waals surface area contributed by atoms with E-state index in [1.165, 1.54) is 5.56 Å². The van der Waals surface area contributed by atoms with Crippen molar-refractivity contribution in [3.05, 3.63) is 35.9 Å². The van der Waals surface area contributed by atoms with Crippen LogP contribution in [0.25, 0.3) is 0 Å². The first-order valence-corrected chi connectivity index (χ1v) is 4.95. The Hall–Kier alpha value is -0.820. The second kappa shape index (κ2) is 3.93. The van der Waals surface area contributed by atoms with E-state index in [2.05, 4.69) is 58.3 Å². The molecule has 0 N–H and O–H groups in total. The summed E-state index contributed by atoms with van der Waals surface area (Å²) in [4.78, 5) is 0. The summed E-state index contributed by atoms with van der Waals surface area (Å²) in [7, 11) is 4.55. The van der Waals surface area contributed by atoms with Gasteiger partial charge in [-0.05, 0) is 13.8 Å². The molecular formula is C12H20N+.